The first kappa shape index (κ1) is 8.71. The van der Waals surface area contributed by atoms with Crippen LogP contribution in [-0.2, 0) is 6.54 Å². The Labute approximate surface area is 74.9 Å². The van der Waals surface area contributed by atoms with Gasteiger partial charge in [0.2, 0.25) is 0 Å². The van der Waals surface area contributed by atoms with Gasteiger partial charge in [-0.2, -0.15) is 0 Å². The lowest BCUT2D eigenvalue weighted by atomic mass is 10.1. The molecule has 0 atom stereocenters. The average Bonchev–Trinajstić information content (AvgIpc) is 1.98. The summed E-state index contributed by atoms with van der Waals surface area (Å²) in [5, 5.41) is 0. The summed E-state index contributed by atoms with van der Waals surface area (Å²) in [6.45, 7) is 2.78. The third-order valence-corrected chi connectivity index (χ3v) is 2.42. The molecule has 0 saturated carbocycles. The van der Waals surface area contributed by atoms with E-state index in [0.29, 0.717) is 6.54 Å². The van der Waals surface area contributed by atoms with E-state index >= 15 is 0 Å². The van der Waals surface area contributed by atoms with Crippen molar-refractivity contribution in [2.75, 3.05) is 0 Å². The van der Waals surface area contributed by atoms with Gasteiger partial charge in [0.05, 0.1) is 0 Å². The van der Waals surface area contributed by atoms with Crippen LogP contribution in [0, 0.1) is 6.92 Å². The molecule has 0 aliphatic rings. The summed E-state index contributed by atoms with van der Waals surface area (Å²) < 4.78 is 1.14. The molecule has 11 heavy (non-hydrogen) atoms. The van der Waals surface area contributed by atoms with Gasteiger partial charge in [-0.05, 0) is 24.1 Å². The quantitative estimate of drug-likeness (QED) is 0.582. The monoisotopic (exact) mass is 214 g/mol. The molecular formula is C8H11BrN2. The highest BCUT2D eigenvalue weighted by Gasteiger charge is 1.95. The molecule has 0 bridgehead atoms. The highest BCUT2D eigenvalue weighted by atomic mass is 79.9. The third-order valence-electron chi connectivity index (χ3n) is 1.53. The Balaban J connectivity index is 2.86. The largest absolute Gasteiger partial charge is 0.271 e. The van der Waals surface area contributed by atoms with E-state index in [-0.39, 0.29) is 0 Å². The number of aryl methyl sites for hydroxylation is 1. The van der Waals surface area contributed by atoms with Crippen molar-refractivity contribution < 1.29 is 0 Å². The van der Waals surface area contributed by atoms with Crippen LogP contribution >= 0.6 is 15.9 Å². The Morgan fingerprint density at radius 1 is 1.55 bits per heavy atom. The van der Waals surface area contributed by atoms with Crippen molar-refractivity contribution in [3.05, 3.63) is 33.8 Å². The molecule has 2 nitrogen and oxygen atoms in total. The Kier molecular flexibility index (Phi) is 3.05. The number of hydrogen-bond acceptors (Lipinski definition) is 2. The number of nitrogens with one attached hydrogen (secondary N) is 1. The Bertz CT molecular complexity index is 248. The molecule has 0 amide bonds. The van der Waals surface area contributed by atoms with Crippen molar-refractivity contribution in [1.82, 2.24) is 5.43 Å². The topological polar surface area (TPSA) is 38.0 Å². The molecule has 0 unspecified atom stereocenters. The molecule has 0 heterocycles. The van der Waals surface area contributed by atoms with Crippen molar-refractivity contribution in [3.63, 3.8) is 0 Å². The van der Waals surface area contributed by atoms with E-state index in [1.807, 2.05) is 12.1 Å². The van der Waals surface area contributed by atoms with Crippen LogP contribution in [0.3, 0.4) is 0 Å². The lowest BCUT2D eigenvalue weighted by Gasteiger charge is -2.02. The summed E-state index contributed by atoms with van der Waals surface area (Å²) in [4.78, 5) is 0. The molecule has 0 aromatic heterocycles. The highest BCUT2D eigenvalue weighted by Crippen LogP contribution is 2.16. The zero-order chi connectivity index (χ0) is 8.27. The molecule has 0 spiro atoms. The first-order valence-electron chi connectivity index (χ1n) is 3.42. The van der Waals surface area contributed by atoms with Crippen molar-refractivity contribution in [3.8, 4) is 0 Å². The van der Waals surface area contributed by atoms with Crippen molar-refractivity contribution in [2.24, 2.45) is 5.84 Å². The van der Waals surface area contributed by atoms with Gasteiger partial charge < -0.3 is 0 Å². The van der Waals surface area contributed by atoms with E-state index < -0.39 is 0 Å². The summed E-state index contributed by atoms with van der Waals surface area (Å²) in [5.41, 5.74) is 5.05. The first-order chi connectivity index (χ1) is 5.24. The summed E-state index contributed by atoms with van der Waals surface area (Å²) in [5.74, 6) is 5.19. The van der Waals surface area contributed by atoms with Gasteiger partial charge in [-0.3, -0.25) is 11.3 Å². The number of rotatable bonds is 2. The molecule has 0 radical (unpaired) electrons. The molecule has 0 saturated heterocycles. The molecule has 60 valence electrons. The minimum atomic E-state index is 0.716. The Hall–Kier alpha value is -0.380. The summed E-state index contributed by atoms with van der Waals surface area (Å²) >= 11 is 3.43. The maximum Gasteiger partial charge on any atom is 0.0348 e. The number of hydrogen-bond donors (Lipinski definition) is 2. The minimum absolute atomic E-state index is 0.716. The lowest BCUT2D eigenvalue weighted by Crippen LogP contribution is -2.20. The summed E-state index contributed by atoms with van der Waals surface area (Å²) in [6, 6.07) is 6.17. The Morgan fingerprint density at radius 2 is 2.27 bits per heavy atom. The van der Waals surface area contributed by atoms with Crippen molar-refractivity contribution >= 4 is 15.9 Å². The van der Waals surface area contributed by atoms with Gasteiger partial charge in [-0.15, -0.1) is 0 Å². The number of hydrazine groups is 1. The van der Waals surface area contributed by atoms with Crippen LogP contribution in [0.25, 0.3) is 0 Å². The number of benzene rings is 1. The summed E-state index contributed by atoms with van der Waals surface area (Å²) in [7, 11) is 0. The van der Waals surface area contributed by atoms with E-state index in [4.69, 9.17) is 5.84 Å². The summed E-state index contributed by atoms with van der Waals surface area (Å²) in [6.07, 6.45) is 0. The van der Waals surface area contributed by atoms with Gasteiger partial charge in [0.15, 0.2) is 0 Å². The van der Waals surface area contributed by atoms with Crippen LogP contribution in [-0.4, -0.2) is 0 Å². The van der Waals surface area contributed by atoms with Gasteiger partial charge in [0, 0.05) is 11.0 Å². The fraction of sp³-hybridized carbons (Fsp3) is 0.250. The van der Waals surface area contributed by atoms with Crippen LogP contribution in [0.2, 0.25) is 0 Å². The van der Waals surface area contributed by atoms with Gasteiger partial charge in [-0.25, -0.2) is 0 Å². The van der Waals surface area contributed by atoms with E-state index in [2.05, 4.69) is 34.3 Å². The molecule has 0 fully saturated rings. The van der Waals surface area contributed by atoms with Gasteiger partial charge in [0.1, 0.15) is 0 Å². The fourth-order valence-electron chi connectivity index (χ4n) is 0.935. The molecule has 0 aliphatic heterocycles. The minimum Gasteiger partial charge on any atom is -0.271 e. The van der Waals surface area contributed by atoms with Crippen molar-refractivity contribution in [2.45, 2.75) is 13.5 Å². The smallest absolute Gasteiger partial charge is 0.0348 e. The lowest BCUT2D eigenvalue weighted by molar-refractivity contribution is 0.740. The third kappa shape index (κ3) is 2.29. The molecule has 1 rings (SSSR count). The second kappa shape index (κ2) is 3.85. The van der Waals surface area contributed by atoms with Gasteiger partial charge in [-0.1, -0.05) is 28.1 Å². The number of nitrogens with two attached hydrogens (primary N) is 1. The van der Waals surface area contributed by atoms with Crippen LogP contribution in [0.4, 0.5) is 0 Å². The normalized spacial score (nSPS) is 10.1. The fourth-order valence-corrected chi connectivity index (χ4v) is 1.18. The van der Waals surface area contributed by atoms with Gasteiger partial charge >= 0.3 is 0 Å². The zero-order valence-corrected chi connectivity index (χ0v) is 7.98. The predicted octanol–water partition coefficient (Wildman–Crippen LogP) is 1.72. The average molecular weight is 215 g/mol. The van der Waals surface area contributed by atoms with E-state index in [9.17, 15) is 0 Å². The van der Waals surface area contributed by atoms with E-state index in [1.165, 1.54) is 11.1 Å². The second-order valence-electron chi connectivity index (χ2n) is 2.46. The molecule has 3 heteroatoms. The van der Waals surface area contributed by atoms with Crippen LogP contribution in [0.1, 0.15) is 11.1 Å². The predicted molar refractivity (Wildman–Crippen MR) is 49.9 cm³/mol. The molecule has 3 N–H and O–H groups in total. The second-order valence-corrected chi connectivity index (χ2v) is 3.32. The van der Waals surface area contributed by atoms with Crippen LogP contribution in [0.5, 0.6) is 0 Å². The zero-order valence-electron chi connectivity index (χ0n) is 6.39. The van der Waals surface area contributed by atoms with Crippen LogP contribution in [0.15, 0.2) is 22.7 Å². The highest BCUT2D eigenvalue weighted by molar-refractivity contribution is 9.10. The van der Waals surface area contributed by atoms with Crippen LogP contribution < -0.4 is 11.3 Å². The maximum atomic E-state index is 5.19. The van der Waals surface area contributed by atoms with Crippen molar-refractivity contribution in [1.29, 1.82) is 0 Å². The molecular weight excluding hydrogens is 204 g/mol. The van der Waals surface area contributed by atoms with E-state index in [0.717, 1.165) is 4.47 Å². The SMILES string of the molecule is Cc1cc(CNN)ccc1Br. The molecule has 1 aromatic carbocycles. The molecule has 0 aliphatic carbocycles. The van der Waals surface area contributed by atoms with Gasteiger partial charge in [0.25, 0.3) is 0 Å². The molecule has 1 aromatic rings. The number of halogens is 1. The van der Waals surface area contributed by atoms with E-state index in [1.54, 1.807) is 0 Å². The maximum absolute atomic E-state index is 5.19. The Morgan fingerprint density at radius 3 is 2.82 bits per heavy atom. The first-order valence-corrected chi connectivity index (χ1v) is 4.22. The standard InChI is InChI=1S/C8H11BrN2/c1-6-4-7(5-11-10)2-3-8(6)9/h2-4,11H,5,10H2,1H3.